The van der Waals surface area contributed by atoms with Gasteiger partial charge in [0.15, 0.2) is 34.5 Å². The van der Waals surface area contributed by atoms with Crippen LogP contribution in [0.4, 0.5) is 5.00 Å². The van der Waals surface area contributed by atoms with Crippen LogP contribution in [0, 0.1) is 0 Å². The van der Waals surface area contributed by atoms with Gasteiger partial charge in [-0.3, -0.25) is 0 Å². The molecule has 0 saturated carbocycles. The van der Waals surface area contributed by atoms with Crippen molar-refractivity contribution in [2.45, 2.75) is 26.7 Å². The van der Waals surface area contributed by atoms with Gasteiger partial charge in [0.1, 0.15) is 18.2 Å². The van der Waals surface area contributed by atoms with E-state index in [2.05, 4.69) is 0 Å². The van der Waals surface area contributed by atoms with Crippen LogP contribution in [0.15, 0.2) is 0 Å². The zero-order valence-electron chi connectivity index (χ0n) is 17.9. The first-order valence-corrected chi connectivity index (χ1v) is 12.3. The summed E-state index contributed by atoms with van der Waals surface area (Å²) in [5.74, 6) is 1.50. The van der Waals surface area contributed by atoms with Gasteiger partial charge in [-0.15, -0.1) is 34.0 Å². The van der Waals surface area contributed by atoms with E-state index < -0.39 is 0 Å². The minimum absolute atomic E-state index is 0.131. The molecule has 168 valence electrons. The van der Waals surface area contributed by atoms with E-state index in [1.165, 1.54) is 34.0 Å². The molecule has 0 bridgehead atoms. The van der Waals surface area contributed by atoms with Crippen molar-refractivity contribution >= 4 is 39.0 Å². The first-order valence-electron chi connectivity index (χ1n) is 9.89. The molecule has 3 N–H and O–H groups in total. The van der Waals surface area contributed by atoms with Crippen LogP contribution in [0.25, 0.3) is 19.5 Å². The molecule has 3 aromatic heterocycles. The molecule has 0 unspecified atom stereocenters. The van der Waals surface area contributed by atoms with Crippen LogP contribution in [0.2, 0.25) is 0 Å². The van der Waals surface area contributed by atoms with Gasteiger partial charge in [-0.2, -0.15) is 0 Å². The summed E-state index contributed by atoms with van der Waals surface area (Å²) in [4.78, 5) is 5.33. The zero-order chi connectivity index (χ0) is 22.4. The Hall–Kier alpha value is -2.30. The predicted molar refractivity (Wildman–Crippen MR) is 127 cm³/mol. The summed E-state index contributed by atoms with van der Waals surface area (Å²) in [7, 11) is 3.61. The second kappa shape index (κ2) is 8.33. The molecule has 0 fully saturated rings. The highest BCUT2D eigenvalue weighted by atomic mass is 32.1. The molecule has 0 spiro atoms. The van der Waals surface area contributed by atoms with Crippen LogP contribution >= 0.6 is 34.0 Å². The third kappa shape index (κ3) is 3.56. The molecule has 0 atom stereocenters. The number of thiophene rings is 3. The maximum absolute atomic E-state index is 10.8. The predicted octanol–water partition coefficient (Wildman–Crippen LogP) is 5.68. The van der Waals surface area contributed by atoms with Crippen LogP contribution in [0.5, 0.6) is 34.5 Å². The number of rotatable bonds is 6. The van der Waals surface area contributed by atoms with Crippen LogP contribution in [0.3, 0.4) is 0 Å². The molecule has 0 aromatic carbocycles. The number of nitrogens with zero attached hydrogens (tertiary/aromatic N) is 1. The Bertz CT molecular complexity index is 1110. The number of hydrogen-bond donors (Lipinski definition) is 3. The number of anilines is 1. The van der Waals surface area contributed by atoms with Gasteiger partial charge in [-0.05, 0) is 12.8 Å². The quantitative estimate of drug-likeness (QED) is 0.415. The Morgan fingerprint density at radius 1 is 0.871 bits per heavy atom. The van der Waals surface area contributed by atoms with Crippen molar-refractivity contribution in [1.29, 1.82) is 0 Å². The minimum Gasteiger partial charge on any atom is -0.503 e. The maximum atomic E-state index is 10.8. The molecule has 0 amide bonds. The highest BCUT2D eigenvalue weighted by Crippen LogP contribution is 2.63. The fraction of sp³-hybridized carbons (Fsp3) is 0.429. The SMILES string of the molecule is CCOc1c(-c2sc(-c3sc(N(C)C)c(O)c3O)c3c2OCCO3)sc(C(C)C)c1O. The first kappa shape index (κ1) is 21.9. The zero-order valence-corrected chi connectivity index (χ0v) is 20.4. The van der Waals surface area contributed by atoms with Crippen LogP contribution in [-0.2, 0) is 0 Å². The summed E-state index contributed by atoms with van der Waals surface area (Å²) in [6, 6.07) is 0. The highest BCUT2D eigenvalue weighted by molar-refractivity contribution is 7.28. The van der Waals surface area contributed by atoms with E-state index in [0.29, 0.717) is 51.8 Å². The molecule has 3 aromatic rings. The monoisotopic (exact) mass is 483 g/mol. The summed E-state index contributed by atoms with van der Waals surface area (Å²) in [6.45, 7) is 7.13. The lowest BCUT2D eigenvalue weighted by Crippen LogP contribution is -2.14. The molecule has 31 heavy (non-hydrogen) atoms. The smallest absolute Gasteiger partial charge is 0.193 e. The molecule has 1 aliphatic heterocycles. The standard InChI is InChI=1S/C21H25NO6S3/c1-6-26-13-12(25)16(9(2)3)29-18(13)20-15-14(27-7-8-28-15)19(30-20)17-10(23)11(24)21(31-17)22(4)5/h9,23-25H,6-8H2,1-5H3. The van der Waals surface area contributed by atoms with Gasteiger partial charge in [0.05, 0.1) is 31.0 Å². The van der Waals surface area contributed by atoms with Crippen molar-refractivity contribution in [2.75, 3.05) is 38.8 Å². The Balaban J connectivity index is 1.95. The van der Waals surface area contributed by atoms with Crippen molar-refractivity contribution in [1.82, 2.24) is 0 Å². The average molecular weight is 484 g/mol. The topological polar surface area (TPSA) is 91.6 Å². The normalized spacial score (nSPS) is 13.1. The first-order chi connectivity index (χ1) is 14.8. The lowest BCUT2D eigenvalue weighted by atomic mass is 10.1. The van der Waals surface area contributed by atoms with E-state index >= 15 is 0 Å². The Morgan fingerprint density at radius 3 is 2.00 bits per heavy atom. The van der Waals surface area contributed by atoms with Gasteiger partial charge in [-0.25, -0.2) is 0 Å². The van der Waals surface area contributed by atoms with Crippen molar-refractivity contribution in [3.8, 4) is 54.0 Å². The number of aromatic hydroxyl groups is 3. The van der Waals surface area contributed by atoms with Gasteiger partial charge in [0.2, 0.25) is 0 Å². The summed E-state index contributed by atoms with van der Waals surface area (Å²) >= 11 is 4.14. The van der Waals surface area contributed by atoms with E-state index in [9.17, 15) is 15.3 Å². The summed E-state index contributed by atoms with van der Waals surface area (Å²) in [5, 5.41) is 32.4. The van der Waals surface area contributed by atoms with Crippen molar-refractivity contribution in [3.05, 3.63) is 4.88 Å². The van der Waals surface area contributed by atoms with Crippen molar-refractivity contribution in [3.63, 3.8) is 0 Å². The second-order valence-corrected chi connectivity index (χ2v) is 10.6. The molecule has 10 heteroatoms. The fourth-order valence-electron chi connectivity index (χ4n) is 3.35. The van der Waals surface area contributed by atoms with Crippen molar-refractivity contribution < 1.29 is 29.5 Å². The minimum atomic E-state index is -0.180. The average Bonchev–Trinajstić information content (AvgIpc) is 3.36. The number of ether oxygens (including phenoxy) is 3. The third-order valence-electron chi connectivity index (χ3n) is 4.74. The Morgan fingerprint density at radius 2 is 1.48 bits per heavy atom. The van der Waals surface area contributed by atoms with E-state index in [0.717, 1.165) is 14.6 Å². The summed E-state index contributed by atoms with van der Waals surface area (Å²) < 4.78 is 17.7. The van der Waals surface area contributed by atoms with Crippen molar-refractivity contribution in [2.24, 2.45) is 0 Å². The Labute approximate surface area is 192 Å². The second-order valence-electron chi connectivity index (χ2n) is 7.50. The van der Waals surface area contributed by atoms with Gasteiger partial charge in [-0.1, -0.05) is 13.8 Å². The molecule has 7 nitrogen and oxygen atoms in total. The van der Waals surface area contributed by atoms with E-state index in [1.807, 2.05) is 20.8 Å². The molecule has 0 saturated heterocycles. The van der Waals surface area contributed by atoms with Gasteiger partial charge in [0.25, 0.3) is 0 Å². The number of fused-ring (bicyclic) bond motifs is 1. The van der Waals surface area contributed by atoms with E-state index in [4.69, 9.17) is 14.2 Å². The molecule has 0 aliphatic carbocycles. The molecular formula is C21H25NO6S3. The Kier molecular flexibility index (Phi) is 5.89. The highest BCUT2D eigenvalue weighted by Gasteiger charge is 2.34. The van der Waals surface area contributed by atoms with Crippen LogP contribution in [0.1, 0.15) is 31.6 Å². The van der Waals surface area contributed by atoms with E-state index in [-0.39, 0.29) is 23.2 Å². The lowest BCUT2D eigenvalue weighted by Gasteiger charge is -2.17. The van der Waals surface area contributed by atoms with Crippen LogP contribution < -0.4 is 19.1 Å². The van der Waals surface area contributed by atoms with Gasteiger partial charge in [0, 0.05) is 14.1 Å². The largest absolute Gasteiger partial charge is 0.503 e. The fourth-order valence-corrected chi connectivity index (χ4v) is 6.95. The van der Waals surface area contributed by atoms with Gasteiger partial charge >= 0.3 is 0 Å². The molecule has 0 radical (unpaired) electrons. The molecule has 4 heterocycles. The van der Waals surface area contributed by atoms with Gasteiger partial charge < -0.3 is 34.4 Å². The van der Waals surface area contributed by atoms with Crippen LogP contribution in [-0.4, -0.2) is 49.2 Å². The number of hydrogen-bond acceptors (Lipinski definition) is 10. The summed E-state index contributed by atoms with van der Waals surface area (Å²) in [6.07, 6.45) is 0. The molecule has 1 aliphatic rings. The van der Waals surface area contributed by atoms with E-state index in [1.54, 1.807) is 19.0 Å². The maximum Gasteiger partial charge on any atom is 0.193 e. The lowest BCUT2D eigenvalue weighted by molar-refractivity contribution is 0.175. The molecular weight excluding hydrogens is 458 g/mol. The third-order valence-corrected chi connectivity index (χ3v) is 9.02. The molecule has 4 rings (SSSR count). The summed E-state index contributed by atoms with van der Waals surface area (Å²) in [5.41, 5.74) is 0.